The van der Waals surface area contributed by atoms with Gasteiger partial charge in [-0.2, -0.15) is 4.98 Å². The lowest BCUT2D eigenvalue weighted by atomic mass is 10.0. The molecule has 1 amide bonds. The Morgan fingerprint density at radius 3 is 2.62 bits per heavy atom. The molecule has 1 aromatic heterocycles. The standard InChI is InChI=1S/C17H25N4O12P/c1-7(22)19-8-5-31-17(15(26)27,4-9(8)23)34(29,30)32-6-10-12(24)13(25)14(33-10)21-3-2-11(18)20-16(21)28/h2-3,8-10,12-14,23-25H,4-6H2,1H3,(H,19,22)(H,26,27)(H,29,30)(H2,18,20,28)/t8-,9-,10+,12+,13+,14+,17+/m0/s1. The van der Waals surface area contributed by atoms with E-state index < -0.39 is 86.8 Å². The third-order valence-electron chi connectivity index (χ3n) is 5.51. The lowest BCUT2D eigenvalue weighted by molar-refractivity contribution is -0.171. The number of aliphatic carboxylic acids is 1. The average molecular weight is 508 g/mol. The van der Waals surface area contributed by atoms with E-state index in [2.05, 4.69) is 10.3 Å². The minimum absolute atomic E-state index is 0.0928. The van der Waals surface area contributed by atoms with E-state index in [1.807, 2.05) is 0 Å². The van der Waals surface area contributed by atoms with E-state index in [-0.39, 0.29) is 5.82 Å². The number of aliphatic hydroxyl groups is 3. The van der Waals surface area contributed by atoms with Gasteiger partial charge < -0.3 is 50.4 Å². The van der Waals surface area contributed by atoms with Crippen LogP contribution in [0.4, 0.5) is 5.82 Å². The van der Waals surface area contributed by atoms with Gasteiger partial charge in [0, 0.05) is 19.5 Å². The molecule has 0 bridgehead atoms. The van der Waals surface area contributed by atoms with Crippen LogP contribution >= 0.6 is 7.60 Å². The van der Waals surface area contributed by atoms with Crippen LogP contribution in [0.3, 0.4) is 0 Å². The highest BCUT2D eigenvalue weighted by Gasteiger charge is 2.62. The predicted octanol–water partition coefficient (Wildman–Crippen LogP) is -3.29. The maximum absolute atomic E-state index is 12.9. The molecule has 0 spiro atoms. The summed E-state index contributed by atoms with van der Waals surface area (Å²) in [7, 11) is -5.22. The number of nitrogen functional groups attached to an aromatic ring is 1. The second-order valence-corrected chi connectivity index (χ2v) is 9.91. The zero-order valence-corrected chi connectivity index (χ0v) is 18.6. The van der Waals surface area contributed by atoms with Gasteiger partial charge in [0.25, 0.3) is 5.34 Å². The van der Waals surface area contributed by atoms with Crippen LogP contribution in [-0.4, -0.2) is 95.8 Å². The Bertz CT molecular complexity index is 1050. The predicted molar refractivity (Wildman–Crippen MR) is 109 cm³/mol. The fraction of sp³-hybridized carbons (Fsp3) is 0.647. The molecule has 2 aliphatic rings. The monoisotopic (exact) mass is 508 g/mol. The first-order valence-electron chi connectivity index (χ1n) is 9.95. The number of nitrogens with one attached hydrogen (secondary N) is 1. The normalized spacial score (nSPS) is 35.4. The van der Waals surface area contributed by atoms with Crippen LogP contribution < -0.4 is 16.7 Å². The van der Waals surface area contributed by atoms with Gasteiger partial charge in [-0.25, -0.2) is 9.59 Å². The molecular formula is C17H25N4O12P. The molecule has 3 rings (SSSR count). The number of nitrogens with zero attached hydrogens (tertiary/aromatic N) is 2. The van der Waals surface area contributed by atoms with Crippen LogP contribution in [-0.2, 0) is 28.2 Å². The minimum Gasteiger partial charge on any atom is -0.479 e. The summed E-state index contributed by atoms with van der Waals surface area (Å²) in [6.45, 7) is -0.324. The molecule has 1 aromatic rings. The first-order chi connectivity index (χ1) is 15.8. The number of ether oxygens (including phenoxy) is 2. The first-order valence-corrected chi connectivity index (χ1v) is 11.5. The Kier molecular flexibility index (Phi) is 7.45. The highest BCUT2D eigenvalue weighted by Crippen LogP contribution is 2.60. The molecule has 17 heteroatoms. The number of carbonyl (C=O) groups is 2. The van der Waals surface area contributed by atoms with Crippen LogP contribution in [0.5, 0.6) is 0 Å². The van der Waals surface area contributed by atoms with Crippen LogP contribution in [0.2, 0.25) is 0 Å². The summed E-state index contributed by atoms with van der Waals surface area (Å²) in [5, 5.41) is 39.8. The number of hydrogen-bond donors (Lipinski definition) is 7. The summed E-state index contributed by atoms with van der Waals surface area (Å²) in [5.41, 5.74) is 4.51. The third kappa shape index (κ3) is 4.85. The zero-order valence-electron chi connectivity index (χ0n) is 17.8. The summed E-state index contributed by atoms with van der Waals surface area (Å²) in [6.07, 6.45) is -7.56. The second-order valence-electron chi connectivity index (χ2n) is 7.88. The Morgan fingerprint density at radius 1 is 1.38 bits per heavy atom. The molecule has 16 nitrogen and oxygen atoms in total. The summed E-state index contributed by atoms with van der Waals surface area (Å²) < 4.78 is 29.2. The van der Waals surface area contributed by atoms with Gasteiger partial charge in [-0.3, -0.25) is 13.9 Å². The van der Waals surface area contributed by atoms with Crippen LogP contribution in [0.15, 0.2) is 17.1 Å². The average Bonchev–Trinajstić information content (AvgIpc) is 3.01. The number of hydrogen-bond acceptors (Lipinski definition) is 12. The van der Waals surface area contributed by atoms with Crippen LogP contribution in [0, 0.1) is 0 Å². The third-order valence-corrected chi connectivity index (χ3v) is 7.42. The summed E-state index contributed by atoms with van der Waals surface area (Å²) in [6, 6.07) is 0.222. The SMILES string of the molecule is CC(=O)N[C@H]1CO[C@@](C(=O)O)(P(=O)(O)OC[C@H]2O[C@@H](n3ccc(N)nc3=O)[C@H](O)[C@@H]2O)C[C@@H]1O. The van der Waals surface area contributed by atoms with E-state index in [4.69, 9.17) is 19.7 Å². The number of amides is 1. The number of aliphatic hydroxyl groups excluding tert-OH is 3. The summed E-state index contributed by atoms with van der Waals surface area (Å²) in [4.78, 5) is 49.1. The maximum atomic E-state index is 12.9. The van der Waals surface area contributed by atoms with Crippen molar-refractivity contribution in [3.05, 3.63) is 22.7 Å². The molecule has 0 aromatic carbocycles. The lowest BCUT2D eigenvalue weighted by Crippen LogP contribution is -2.58. The first kappa shape index (κ1) is 26.2. The molecule has 2 saturated heterocycles. The van der Waals surface area contributed by atoms with Crippen LogP contribution in [0.1, 0.15) is 19.6 Å². The van der Waals surface area contributed by atoms with Crippen molar-refractivity contribution in [1.82, 2.24) is 14.9 Å². The molecule has 2 aliphatic heterocycles. The number of carbonyl (C=O) groups excluding carboxylic acids is 1. The number of anilines is 1. The molecule has 34 heavy (non-hydrogen) atoms. The van der Waals surface area contributed by atoms with Gasteiger partial charge in [-0.05, 0) is 6.07 Å². The molecular weight excluding hydrogens is 483 g/mol. The van der Waals surface area contributed by atoms with Crippen molar-refractivity contribution in [3.63, 3.8) is 0 Å². The largest absolute Gasteiger partial charge is 0.479 e. The number of carboxylic acids is 1. The van der Waals surface area contributed by atoms with Gasteiger partial charge in [0.1, 0.15) is 24.1 Å². The number of rotatable bonds is 7. The Balaban J connectivity index is 1.74. The van der Waals surface area contributed by atoms with E-state index in [1.54, 1.807) is 0 Å². The van der Waals surface area contributed by atoms with Crippen molar-refractivity contribution in [2.45, 2.75) is 55.4 Å². The Morgan fingerprint density at radius 2 is 2.06 bits per heavy atom. The van der Waals surface area contributed by atoms with E-state index in [0.29, 0.717) is 0 Å². The zero-order chi connectivity index (χ0) is 25.4. The van der Waals surface area contributed by atoms with E-state index in [0.717, 1.165) is 17.7 Å². The second kappa shape index (κ2) is 9.67. The van der Waals surface area contributed by atoms with Gasteiger partial charge in [0.2, 0.25) is 5.91 Å². The number of carboxylic acid groups (broad SMARTS) is 1. The molecule has 0 saturated carbocycles. The summed E-state index contributed by atoms with van der Waals surface area (Å²) in [5.74, 6) is -2.52. The van der Waals surface area contributed by atoms with Crippen molar-refractivity contribution >= 4 is 25.3 Å². The van der Waals surface area contributed by atoms with E-state index >= 15 is 0 Å². The van der Waals surface area contributed by atoms with Gasteiger partial charge in [0.05, 0.1) is 25.4 Å². The van der Waals surface area contributed by atoms with Crippen molar-refractivity contribution in [2.24, 2.45) is 0 Å². The topological polar surface area (TPSA) is 253 Å². The lowest BCUT2D eigenvalue weighted by Gasteiger charge is -2.41. The van der Waals surface area contributed by atoms with Gasteiger partial charge in [-0.1, -0.05) is 0 Å². The Labute approximate surface area is 191 Å². The van der Waals surface area contributed by atoms with E-state index in [9.17, 15) is 44.3 Å². The fourth-order valence-electron chi connectivity index (χ4n) is 3.68. The molecule has 0 radical (unpaired) electrons. The fourth-order valence-corrected chi connectivity index (χ4v) is 5.14. The smallest absolute Gasteiger partial charge is 0.371 e. The molecule has 3 heterocycles. The van der Waals surface area contributed by atoms with Crippen molar-refractivity contribution in [2.75, 3.05) is 18.9 Å². The molecule has 2 fully saturated rings. The minimum atomic E-state index is -5.22. The maximum Gasteiger partial charge on any atom is 0.371 e. The van der Waals surface area contributed by atoms with Crippen molar-refractivity contribution in [1.29, 1.82) is 0 Å². The van der Waals surface area contributed by atoms with Crippen LogP contribution in [0.25, 0.3) is 0 Å². The van der Waals surface area contributed by atoms with Gasteiger partial charge in [-0.15, -0.1) is 0 Å². The molecule has 8 atom stereocenters. The van der Waals surface area contributed by atoms with E-state index in [1.165, 1.54) is 6.07 Å². The highest BCUT2D eigenvalue weighted by atomic mass is 31.2. The molecule has 190 valence electrons. The van der Waals surface area contributed by atoms with Gasteiger partial charge in [0.15, 0.2) is 6.23 Å². The van der Waals surface area contributed by atoms with Crippen molar-refractivity contribution < 1.29 is 53.5 Å². The summed E-state index contributed by atoms with van der Waals surface area (Å²) >= 11 is 0. The molecule has 8 N–H and O–H groups in total. The number of aromatic nitrogens is 2. The molecule has 1 unspecified atom stereocenters. The van der Waals surface area contributed by atoms with Gasteiger partial charge >= 0.3 is 19.3 Å². The Hall–Kier alpha value is -2.43. The molecule has 0 aliphatic carbocycles. The van der Waals surface area contributed by atoms with Crippen molar-refractivity contribution in [3.8, 4) is 0 Å². The highest BCUT2D eigenvalue weighted by molar-refractivity contribution is 7.55. The number of nitrogens with two attached hydrogens (primary N) is 1. The quantitative estimate of drug-likeness (QED) is 0.178.